The first-order valence-electron chi connectivity index (χ1n) is 7.62. The lowest BCUT2D eigenvalue weighted by Crippen LogP contribution is -2.41. The number of carbonyl (C=O) groups is 2. The largest absolute Gasteiger partial charge is 0.481 e. The standard InChI is InChI=1S/C15H30N2O3/c1-5-7-13(4)17-14(18)10-16-12(3)9-6-8-11(2)15(19)20/h11-13,16H,5-10H2,1-4H3,(H,17,18)(H,19,20). The number of carboxylic acids is 1. The minimum Gasteiger partial charge on any atom is -0.481 e. The summed E-state index contributed by atoms with van der Waals surface area (Å²) in [4.78, 5) is 22.3. The van der Waals surface area contributed by atoms with Crippen LogP contribution in [0.3, 0.4) is 0 Å². The van der Waals surface area contributed by atoms with Crippen LogP contribution in [0.1, 0.15) is 59.8 Å². The molecule has 0 aliphatic heterocycles. The van der Waals surface area contributed by atoms with Crippen LogP contribution in [-0.4, -0.2) is 35.6 Å². The number of amides is 1. The van der Waals surface area contributed by atoms with Gasteiger partial charge in [-0.15, -0.1) is 0 Å². The summed E-state index contributed by atoms with van der Waals surface area (Å²) in [6, 6.07) is 0.448. The van der Waals surface area contributed by atoms with Gasteiger partial charge in [-0.2, -0.15) is 0 Å². The Hall–Kier alpha value is -1.10. The zero-order valence-electron chi connectivity index (χ0n) is 13.2. The molecule has 0 rings (SSSR count). The first-order valence-corrected chi connectivity index (χ1v) is 7.62. The Morgan fingerprint density at radius 2 is 1.70 bits per heavy atom. The molecular weight excluding hydrogens is 256 g/mol. The third-order valence-corrected chi connectivity index (χ3v) is 3.44. The number of hydrogen-bond donors (Lipinski definition) is 3. The molecule has 20 heavy (non-hydrogen) atoms. The van der Waals surface area contributed by atoms with E-state index in [0.717, 1.165) is 25.7 Å². The Morgan fingerprint density at radius 3 is 2.25 bits per heavy atom. The lowest BCUT2D eigenvalue weighted by Gasteiger charge is -2.16. The van der Waals surface area contributed by atoms with E-state index in [1.165, 1.54) is 0 Å². The second-order valence-corrected chi connectivity index (χ2v) is 5.71. The molecule has 1 amide bonds. The van der Waals surface area contributed by atoms with Crippen molar-refractivity contribution in [1.82, 2.24) is 10.6 Å². The second kappa shape index (κ2) is 10.7. The lowest BCUT2D eigenvalue weighted by molar-refractivity contribution is -0.141. The Bertz CT molecular complexity index is 295. The maximum Gasteiger partial charge on any atom is 0.306 e. The Labute approximate surface area is 122 Å². The molecule has 3 N–H and O–H groups in total. The molecule has 118 valence electrons. The smallest absolute Gasteiger partial charge is 0.306 e. The highest BCUT2D eigenvalue weighted by Crippen LogP contribution is 2.09. The Balaban J connectivity index is 3.69. The molecule has 0 aromatic heterocycles. The van der Waals surface area contributed by atoms with Gasteiger partial charge in [0.15, 0.2) is 0 Å². The van der Waals surface area contributed by atoms with Gasteiger partial charge in [0, 0.05) is 12.1 Å². The van der Waals surface area contributed by atoms with Gasteiger partial charge in [0.2, 0.25) is 5.91 Å². The molecule has 0 saturated carbocycles. The Kier molecular flexibility index (Phi) is 10.1. The van der Waals surface area contributed by atoms with E-state index in [9.17, 15) is 9.59 Å². The monoisotopic (exact) mass is 286 g/mol. The van der Waals surface area contributed by atoms with Crippen molar-refractivity contribution in [3.05, 3.63) is 0 Å². The average molecular weight is 286 g/mol. The van der Waals surface area contributed by atoms with Crippen LogP contribution in [0.2, 0.25) is 0 Å². The van der Waals surface area contributed by atoms with Gasteiger partial charge in [-0.3, -0.25) is 9.59 Å². The van der Waals surface area contributed by atoms with E-state index in [0.29, 0.717) is 13.0 Å². The normalized spacial score (nSPS) is 15.4. The summed E-state index contributed by atoms with van der Waals surface area (Å²) < 4.78 is 0. The van der Waals surface area contributed by atoms with Gasteiger partial charge in [0.05, 0.1) is 12.5 Å². The molecule has 0 aromatic rings. The molecule has 3 unspecified atom stereocenters. The van der Waals surface area contributed by atoms with Crippen LogP contribution in [0.15, 0.2) is 0 Å². The number of carbonyl (C=O) groups excluding carboxylic acids is 1. The van der Waals surface area contributed by atoms with Gasteiger partial charge in [-0.1, -0.05) is 26.7 Å². The summed E-state index contributed by atoms with van der Waals surface area (Å²) >= 11 is 0. The molecule has 0 fully saturated rings. The van der Waals surface area contributed by atoms with Crippen molar-refractivity contribution in [1.29, 1.82) is 0 Å². The first-order chi connectivity index (χ1) is 9.36. The van der Waals surface area contributed by atoms with Gasteiger partial charge in [-0.05, 0) is 33.1 Å². The molecule has 0 saturated heterocycles. The molecule has 0 heterocycles. The van der Waals surface area contributed by atoms with E-state index in [1.807, 2.05) is 13.8 Å². The summed E-state index contributed by atoms with van der Waals surface area (Å²) in [5.74, 6) is -1.01. The van der Waals surface area contributed by atoms with E-state index < -0.39 is 5.97 Å². The van der Waals surface area contributed by atoms with Crippen molar-refractivity contribution in [2.45, 2.75) is 71.9 Å². The molecule has 3 atom stereocenters. The van der Waals surface area contributed by atoms with Crippen molar-refractivity contribution in [3.63, 3.8) is 0 Å². The molecule has 0 aliphatic rings. The maximum atomic E-state index is 11.7. The molecule has 0 spiro atoms. The number of rotatable bonds is 11. The Morgan fingerprint density at radius 1 is 1.05 bits per heavy atom. The minimum absolute atomic E-state index is 0.0247. The van der Waals surface area contributed by atoms with Crippen LogP contribution in [0.25, 0.3) is 0 Å². The second-order valence-electron chi connectivity index (χ2n) is 5.71. The number of carboxylic acid groups (broad SMARTS) is 1. The van der Waals surface area contributed by atoms with Gasteiger partial charge in [0.1, 0.15) is 0 Å². The molecule has 5 heteroatoms. The van der Waals surface area contributed by atoms with Crippen molar-refractivity contribution in [2.24, 2.45) is 5.92 Å². The summed E-state index contributed by atoms with van der Waals surface area (Å²) in [7, 11) is 0. The third kappa shape index (κ3) is 9.78. The van der Waals surface area contributed by atoms with Gasteiger partial charge >= 0.3 is 5.97 Å². The number of nitrogens with one attached hydrogen (secondary N) is 2. The van der Waals surface area contributed by atoms with Crippen LogP contribution in [0, 0.1) is 5.92 Å². The fraction of sp³-hybridized carbons (Fsp3) is 0.867. The van der Waals surface area contributed by atoms with Crippen LogP contribution in [0.5, 0.6) is 0 Å². The predicted octanol–water partition coefficient (Wildman–Crippen LogP) is 2.16. The first kappa shape index (κ1) is 18.9. The van der Waals surface area contributed by atoms with Crippen molar-refractivity contribution in [3.8, 4) is 0 Å². The molecular formula is C15H30N2O3. The van der Waals surface area contributed by atoms with Crippen molar-refractivity contribution >= 4 is 11.9 Å². The highest BCUT2D eigenvalue weighted by atomic mass is 16.4. The fourth-order valence-corrected chi connectivity index (χ4v) is 2.05. The molecule has 0 aliphatic carbocycles. The van der Waals surface area contributed by atoms with E-state index >= 15 is 0 Å². The van der Waals surface area contributed by atoms with Crippen LogP contribution in [-0.2, 0) is 9.59 Å². The fourth-order valence-electron chi connectivity index (χ4n) is 2.05. The van der Waals surface area contributed by atoms with Crippen LogP contribution in [0.4, 0.5) is 0 Å². The average Bonchev–Trinajstić information content (AvgIpc) is 2.36. The molecule has 5 nitrogen and oxygen atoms in total. The summed E-state index contributed by atoms with van der Waals surface area (Å²) in [5, 5.41) is 14.9. The van der Waals surface area contributed by atoms with Gasteiger partial charge in [0.25, 0.3) is 0 Å². The van der Waals surface area contributed by atoms with Crippen molar-refractivity contribution in [2.75, 3.05) is 6.54 Å². The maximum absolute atomic E-state index is 11.7. The van der Waals surface area contributed by atoms with Crippen LogP contribution < -0.4 is 10.6 Å². The van der Waals surface area contributed by atoms with E-state index in [4.69, 9.17) is 5.11 Å². The molecule has 0 radical (unpaired) electrons. The van der Waals surface area contributed by atoms with Gasteiger partial charge in [-0.25, -0.2) is 0 Å². The number of aliphatic carboxylic acids is 1. The van der Waals surface area contributed by atoms with Gasteiger partial charge < -0.3 is 15.7 Å². The minimum atomic E-state index is -0.741. The molecule has 0 aromatic carbocycles. The third-order valence-electron chi connectivity index (χ3n) is 3.44. The van der Waals surface area contributed by atoms with E-state index in [1.54, 1.807) is 6.92 Å². The molecule has 0 bridgehead atoms. The van der Waals surface area contributed by atoms with E-state index in [2.05, 4.69) is 17.6 Å². The number of hydrogen-bond acceptors (Lipinski definition) is 3. The summed E-state index contributed by atoms with van der Waals surface area (Å²) in [6.07, 6.45) is 4.48. The SMILES string of the molecule is CCCC(C)NC(=O)CNC(C)CCCC(C)C(=O)O. The topological polar surface area (TPSA) is 78.4 Å². The van der Waals surface area contributed by atoms with E-state index in [-0.39, 0.29) is 23.9 Å². The summed E-state index contributed by atoms with van der Waals surface area (Å²) in [6.45, 7) is 8.18. The zero-order chi connectivity index (χ0) is 15.5. The van der Waals surface area contributed by atoms with Crippen molar-refractivity contribution < 1.29 is 14.7 Å². The highest BCUT2D eigenvalue weighted by molar-refractivity contribution is 5.78. The zero-order valence-corrected chi connectivity index (χ0v) is 13.2. The van der Waals surface area contributed by atoms with Crippen LogP contribution >= 0.6 is 0 Å². The highest BCUT2D eigenvalue weighted by Gasteiger charge is 2.12. The lowest BCUT2D eigenvalue weighted by atomic mass is 10.0. The predicted molar refractivity (Wildman–Crippen MR) is 80.6 cm³/mol. The quantitative estimate of drug-likeness (QED) is 0.544. The summed E-state index contributed by atoms with van der Waals surface area (Å²) in [5.41, 5.74) is 0.